The molecular formula is C18H16N6OS. The first-order chi connectivity index (χ1) is 12.7. The number of carbonyl (C=O) groups is 1. The van der Waals surface area contributed by atoms with Crippen LogP contribution in [-0.2, 0) is 13.6 Å². The molecule has 0 radical (unpaired) electrons. The van der Waals surface area contributed by atoms with E-state index in [1.165, 1.54) is 11.3 Å². The second kappa shape index (κ2) is 6.93. The second-order valence-corrected chi connectivity index (χ2v) is 6.55. The molecule has 0 aliphatic heterocycles. The molecule has 0 aliphatic rings. The number of nitrogens with one attached hydrogen (secondary N) is 2. The van der Waals surface area contributed by atoms with Gasteiger partial charge in [-0.1, -0.05) is 18.2 Å². The minimum atomic E-state index is -0.219. The molecule has 0 spiro atoms. The van der Waals surface area contributed by atoms with Crippen LogP contribution in [0.3, 0.4) is 0 Å². The molecule has 0 saturated heterocycles. The van der Waals surface area contributed by atoms with Gasteiger partial charge in [0.05, 0.1) is 11.0 Å². The summed E-state index contributed by atoms with van der Waals surface area (Å²) in [6.07, 6.45) is 3.42. The molecule has 2 N–H and O–H groups in total. The summed E-state index contributed by atoms with van der Waals surface area (Å²) in [5.74, 6) is 0.464. The number of amides is 1. The highest BCUT2D eigenvalue weighted by atomic mass is 32.1. The van der Waals surface area contributed by atoms with E-state index in [1.807, 2.05) is 48.0 Å². The maximum absolute atomic E-state index is 12.3. The Morgan fingerprint density at radius 3 is 2.88 bits per heavy atom. The number of thiazole rings is 1. The van der Waals surface area contributed by atoms with Gasteiger partial charge in [-0.3, -0.25) is 9.78 Å². The average molecular weight is 364 g/mol. The minimum absolute atomic E-state index is 0.219. The van der Waals surface area contributed by atoms with Gasteiger partial charge >= 0.3 is 0 Å². The molecule has 4 aromatic rings. The van der Waals surface area contributed by atoms with E-state index in [9.17, 15) is 4.79 Å². The average Bonchev–Trinajstić information content (AvgIpc) is 3.26. The second-order valence-electron chi connectivity index (χ2n) is 5.69. The van der Waals surface area contributed by atoms with Crippen LogP contribution in [0.25, 0.3) is 11.0 Å². The highest BCUT2D eigenvalue weighted by molar-refractivity contribution is 7.14. The molecule has 0 unspecified atom stereocenters. The molecule has 8 heteroatoms. The number of fused-ring (bicyclic) bond motifs is 1. The summed E-state index contributed by atoms with van der Waals surface area (Å²) in [6.45, 7) is 0.414. The van der Waals surface area contributed by atoms with Crippen molar-refractivity contribution in [1.82, 2.24) is 24.8 Å². The number of hydrogen-bond donors (Lipinski definition) is 2. The van der Waals surface area contributed by atoms with Crippen molar-refractivity contribution in [3.63, 3.8) is 0 Å². The Balaban J connectivity index is 1.45. The number of hydrogen-bond acceptors (Lipinski definition) is 6. The Kier molecular flexibility index (Phi) is 4.32. The Morgan fingerprint density at radius 2 is 2.08 bits per heavy atom. The van der Waals surface area contributed by atoms with E-state index in [4.69, 9.17) is 0 Å². The Labute approximate surface area is 153 Å². The van der Waals surface area contributed by atoms with Gasteiger partial charge in [0, 0.05) is 31.4 Å². The Hall–Kier alpha value is -3.26. The number of benzene rings is 1. The molecule has 0 bridgehead atoms. The third kappa shape index (κ3) is 3.27. The zero-order valence-electron chi connectivity index (χ0n) is 14.0. The van der Waals surface area contributed by atoms with Gasteiger partial charge in [0.15, 0.2) is 5.13 Å². The fourth-order valence-electron chi connectivity index (χ4n) is 2.56. The maximum atomic E-state index is 12.3. The van der Waals surface area contributed by atoms with Crippen LogP contribution in [0.4, 0.5) is 11.1 Å². The van der Waals surface area contributed by atoms with Crippen LogP contribution in [0.5, 0.6) is 0 Å². The predicted molar refractivity (Wildman–Crippen MR) is 102 cm³/mol. The predicted octanol–water partition coefficient (Wildman–Crippen LogP) is 3.10. The van der Waals surface area contributed by atoms with Gasteiger partial charge in [-0.15, -0.1) is 11.3 Å². The molecule has 3 heterocycles. The number of anilines is 2. The molecule has 1 aromatic carbocycles. The van der Waals surface area contributed by atoms with Crippen molar-refractivity contribution < 1.29 is 4.79 Å². The normalized spacial score (nSPS) is 10.8. The topological polar surface area (TPSA) is 84.7 Å². The van der Waals surface area contributed by atoms with E-state index >= 15 is 0 Å². The Bertz CT molecular complexity index is 1060. The first kappa shape index (κ1) is 16.2. The van der Waals surface area contributed by atoms with E-state index < -0.39 is 0 Å². The van der Waals surface area contributed by atoms with Crippen molar-refractivity contribution in [3.8, 4) is 0 Å². The minimum Gasteiger partial charge on any atom is -0.347 e. The number of aromatic nitrogens is 4. The zero-order valence-corrected chi connectivity index (χ0v) is 14.8. The van der Waals surface area contributed by atoms with Gasteiger partial charge in [0.25, 0.3) is 5.91 Å². The lowest BCUT2D eigenvalue weighted by Gasteiger charge is -2.03. The van der Waals surface area contributed by atoms with Crippen LogP contribution in [0.1, 0.15) is 16.1 Å². The molecule has 130 valence electrons. The fourth-order valence-corrected chi connectivity index (χ4v) is 3.25. The van der Waals surface area contributed by atoms with Gasteiger partial charge in [0.1, 0.15) is 5.69 Å². The largest absolute Gasteiger partial charge is 0.347 e. The van der Waals surface area contributed by atoms with Gasteiger partial charge in [-0.05, 0) is 23.8 Å². The molecule has 0 atom stereocenters. The number of para-hydroxylation sites is 2. The lowest BCUT2D eigenvalue weighted by molar-refractivity contribution is 0.0946. The van der Waals surface area contributed by atoms with Gasteiger partial charge in [0.2, 0.25) is 5.95 Å². The van der Waals surface area contributed by atoms with Gasteiger partial charge < -0.3 is 15.2 Å². The molecular weight excluding hydrogens is 348 g/mol. The van der Waals surface area contributed by atoms with Crippen molar-refractivity contribution in [2.75, 3.05) is 5.32 Å². The Morgan fingerprint density at radius 1 is 1.19 bits per heavy atom. The van der Waals surface area contributed by atoms with Crippen LogP contribution in [-0.4, -0.2) is 25.4 Å². The summed E-state index contributed by atoms with van der Waals surface area (Å²) in [6, 6.07) is 11.6. The lowest BCUT2D eigenvalue weighted by Crippen LogP contribution is -2.23. The van der Waals surface area contributed by atoms with E-state index in [-0.39, 0.29) is 5.91 Å². The van der Waals surface area contributed by atoms with Crippen LogP contribution >= 0.6 is 11.3 Å². The summed E-state index contributed by atoms with van der Waals surface area (Å²) in [5.41, 5.74) is 3.25. The maximum Gasteiger partial charge on any atom is 0.271 e. The SMILES string of the molecule is Cn1c(Nc2nc(C(=O)NCc3cccnc3)cs2)nc2ccccc21. The summed E-state index contributed by atoms with van der Waals surface area (Å²) in [7, 11) is 1.94. The molecule has 0 saturated carbocycles. The van der Waals surface area contributed by atoms with Crippen molar-refractivity contribution in [1.29, 1.82) is 0 Å². The van der Waals surface area contributed by atoms with Crippen LogP contribution in [0.15, 0.2) is 54.2 Å². The van der Waals surface area contributed by atoms with E-state index in [2.05, 4.69) is 25.6 Å². The number of aryl methyl sites for hydroxylation is 1. The number of imidazole rings is 1. The highest BCUT2D eigenvalue weighted by Crippen LogP contribution is 2.23. The van der Waals surface area contributed by atoms with Gasteiger partial charge in [-0.25, -0.2) is 9.97 Å². The molecule has 26 heavy (non-hydrogen) atoms. The van der Waals surface area contributed by atoms with Crippen LogP contribution in [0, 0.1) is 0 Å². The van der Waals surface area contributed by atoms with Crippen molar-refractivity contribution in [3.05, 3.63) is 65.4 Å². The molecule has 7 nitrogen and oxygen atoms in total. The van der Waals surface area contributed by atoms with E-state index in [0.717, 1.165) is 16.6 Å². The summed E-state index contributed by atoms with van der Waals surface area (Å²) in [5, 5.41) is 8.37. The van der Waals surface area contributed by atoms with Crippen molar-refractivity contribution in [2.45, 2.75) is 6.54 Å². The van der Waals surface area contributed by atoms with Crippen LogP contribution < -0.4 is 10.6 Å². The van der Waals surface area contributed by atoms with E-state index in [0.29, 0.717) is 23.3 Å². The third-order valence-corrected chi connectivity index (χ3v) is 4.68. The number of carbonyl (C=O) groups excluding carboxylic acids is 1. The number of rotatable bonds is 5. The zero-order chi connectivity index (χ0) is 17.9. The summed E-state index contributed by atoms with van der Waals surface area (Å²) in [4.78, 5) is 25.2. The lowest BCUT2D eigenvalue weighted by atomic mass is 10.3. The number of nitrogens with zero attached hydrogens (tertiary/aromatic N) is 4. The quantitative estimate of drug-likeness (QED) is 0.568. The van der Waals surface area contributed by atoms with Gasteiger partial charge in [-0.2, -0.15) is 0 Å². The van der Waals surface area contributed by atoms with E-state index in [1.54, 1.807) is 17.8 Å². The first-order valence-electron chi connectivity index (χ1n) is 8.02. The third-order valence-electron chi connectivity index (χ3n) is 3.92. The molecule has 3 aromatic heterocycles. The monoisotopic (exact) mass is 364 g/mol. The van der Waals surface area contributed by atoms with Crippen LogP contribution in [0.2, 0.25) is 0 Å². The fraction of sp³-hybridized carbons (Fsp3) is 0.111. The summed E-state index contributed by atoms with van der Waals surface area (Å²) < 4.78 is 1.96. The standard InChI is InChI=1S/C18H16N6OS/c1-24-15-7-3-2-6-13(15)21-17(24)23-18-22-14(11-26-18)16(25)20-10-12-5-4-8-19-9-12/h2-9,11H,10H2,1H3,(H,20,25)(H,21,22,23). The molecule has 4 rings (SSSR count). The molecule has 0 fully saturated rings. The highest BCUT2D eigenvalue weighted by Gasteiger charge is 2.13. The summed E-state index contributed by atoms with van der Waals surface area (Å²) >= 11 is 1.36. The molecule has 1 amide bonds. The van der Waals surface area contributed by atoms with Crippen molar-refractivity contribution in [2.24, 2.45) is 7.05 Å². The first-order valence-corrected chi connectivity index (χ1v) is 8.90. The number of pyridine rings is 1. The van der Waals surface area contributed by atoms with Crippen molar-refractivity contribution >= 4 is 39.4 Å². The smallest absolute Gasteiger partial charge is 0.271 e. The molecule has 0 aliphatic carbocycles.